The van der Waals surface area contributed by atoms with E-state index in [-0.39, 0.29) is 0 Å². The average Bonchev–Trinajstić information content (AvgIpc) is 2.27. The molecule has 17 heavy (non-hydrogen) atoms. The number of nitrogens with two attached hydrogens (primary N) is 1. The minimum absolute atomic E-state index is 0.603. The molecule has 2 atom stereocenters. The van der Waals surface area contributed by atoms with Gasteiger partial charge < -0.3 is 10.6 Å². The summed E-state index contributed by atoms with van der Waals surface area (Å²) in [4.78, 5) is 2.49. The SMILES string of the molecule is CC1CC(C)CN(c2ccc(CN)cc2Br)C1. The molecule has 0 amide bonds. The summed E-state index contributed by atoms with van der Waals surface area (Å²) in [5.74, 6) is 1.56. The fourth-order valence-corrected chi connectivity index (χ4v) is 3.47. The fourth-order valence-electron chi connectivity index (χ4n) is 2.79. The standard InChI is InChI=1S/C14H21BrN2/c1-10-5-11(2)9-17(8-10)14-4-3-12(7-16)6-13(14)15/h3-4,6,10-11H,5,7-9,16H2,1-2H3. The molecule has 1 heterocycles. The second kappa shape index (κ2) is 5.40. The first-order chi connectivity index (χ1) is 8.10. The van der Waals surface area contributed by atoms with Crippen molar-refractivity contribution in [3.05, 3.63) is 28.2 Å². The van der Waals surface area contributed by atoms with Crippen LogP contribution in [0.2, 0.25) is 0 Å². The summed E-state index contributed by atoms with van der Waals surface area (Å²) in [6.45, 7) is 7.59. The summed E-state index contributed by atoms with van der Waals surface area (Å²) in [6.07, 6.45) is 1.34. The first-order valence-electron chi connectivity index (χ1n) is 6.33. The van der Waals surface area contributed by atoms with Crippen molar-refractivity contribution >= 4 is 21.6 Å². The highest BCUT2D eigenvalue weighted by Crippen LogP contribution is 2.32. The van der Waals surface area contributed by atoms with Crippen molar-refractivity contribution in [1.29, 1.82) is 0 Å². The Balaban J connectivity index is 2.21. The van der Waals surface area contributed by atoms with E-state index in [1.54, 1.807) is 0 Å². The molecule has 0 spiro atoms. The maximum absolute atomic E-state index is 5.66. The van der Waals surface area contributed by atoms with E-state index in [0.717, 1.165) is 24.9 Å². The van der Waals surface area contributed by atoms with Gasteiger partial charge in [0, 0.05) is 24.1 Å². The Hall–Kier alpha value is -0.540. The lowest BCUT2D eigenvalue weighted by molar-refractivity contribution is 0.356. The van der Waals surface area contributed by atoms with E-state index >= 15 is 0 Å². The smallest absolute Gasteiger partial charge is 0.0511 e. The van der Waals surface area contributed by atoms with Crippen LogP contribution in [0.1, 0.15) is 25.8 Å². The van der Waals surface area contributed by atoms with E-state index in [9.17, 15) is 0 Å². The number of rotatable bonds is 2. The van der Waals surface area contributed by atoms with Crippen LogP contribution in [0, 0.1) is 11.8 Å². The van der Waals surface area contributed by atoms with E-state index in [1.165, 1.54) is 22.1 Å². The molecule has 1 aliphatic heterocycles. The molecule has 94 valence electrons. The van der Waals surface area contributed by atoms with Crippen LogP contribution in [-0.2, 0) is 6.54 Å². The second-order valence-electron chi connectivity index (χ2n) is 5.34. The molecule has 0 aliphatic carbocycles. The Morgan fingerprint density at radius 2 is 1.94 bits per heavy atom. The van der Waals surface area contributed by atoms with Gasteiger partial charge in [0.15, 0.2) is 0 Å². The normalized spacial score (nSPS) is 25.1. The highest BCUT2D eigenvalue weighted by molar-refractivity contribution is 9.10. The van der Waals surface area contributed by atoms with Crippen molar-refractivity contribution in [2.45, 2.75) is 26.8 Å². The molecule has 0 bridgehead atoms. The minimum Gasteiger partial charge on any atom is -0.370 e. The number of anilines is 1. The molecule has 1 aliphatic rings. The van der Waals surface area contributed by atoms with Gasteiger partial charge in [0.25, 0.3) is 0 Å². The van der Waals surface area contributed by atoms with Crippen LogP contribution in [0.15, 0.2) is 22.7 Å². The lowest BCUT2D eigenvalue weighted by atomic mass is 9.91. The Labute approximate surface area is 112 Å². The van der Waals surface area contributed by atoms with Gasteiger partial charge in [0.05, 0.1) is 5.69 Å². The molecule has 0 saturated carbocycles. The number of hydrogen-bond acceptors (Lipinski definition) is 2. The molecule has 2 nitrogen and oxygen atoms in total. The van der Waals surface area contributed by atoms with Crippen LogP contribution < -0.4 is 10.6 Å². The van der Waals surface area contributed by atoms with Crippen LogP contribution in [0.3, 0.4) is 0 Å². The molecule has 1 fully saturated rings. The number of benzene rings is 1. The van der Waals surface area contributed by atoms with E-state index in [2.05, 4.69) is 52.9 Å². The zero-order chi connectivity index (χ0) is 12.4. The number of halogens is 1. The van der Waals surface area contributed by atoms with Crippen molar-refractivity contribution in [2.75, 3.05) is 18.0 Å². The third kappa shape index (κ3) is 3.02. The Morgan fingerprint density at radius 1 is 1.29 bits per heavy atom. The van der Waals surface area contributed by atoms with Crippen molar-refractivity contribution < 1.29 is 0 Å². The molecule has 0 radical (unpaired) electrons. The van der Waals surface area contributed by atoms with Crippen LogP contribution in [0.25, 0.3) is 0 Å². The van der Waals surface area contributed by atoms with Gasteiger partial charge in [0.1, 0.15) is 0 Å². The van der Waals surface area contributed by atoms with Crippen LogP contribution >= 0.6 is 15.9 Å². The summed E-state index contributed by atoms with van der Waals surface area (Å²) in [5.41, 5.74) is 8.14. The molecule has 1 saturated heterocycles. The van der Waals surface area contributed by atoms with E-state index in [4.69, 9.17) is 5.73 Å². The Bertz CT molecular complexity index is 382. The topological polar surface area (TPSA) is 29.3 Å². The van der Waals surface area contributed by atoms with E-state index in [1.807, 2.05) is 0 Å². The third-order valence-electron chi connectivity index (χ3n) is 3.46. The largest absolute Gasteiger partial charge is 0.370 e. The highest BCUT2D eigenvalue weighted by atomic mass is 79.9. The molecule has 1 aromatic carbocycles. The van der Waals surface area contributed by atoms with Crippen LogP contribution in [0.5, 0.6) is 0 Å². The maximum atomic E-state index is 5.66. The van der Waals surface area contributed by atoms with E-state index in [0.29, 0.717) is 6.54 Å². The van der Waals surface area contributed by atoms with Gasteiger partial charge in [-0.15, -0.1) is 0 Å². The van der Waals surface area contributed by atoms with Crippen molar-refractivity contribution in [3.8, 4) is 0 Å². The molecule has 3 heteroatoms. The predicted octanol–water partition coefficient (Wildman–Crippen LogP) is 3.39. The van der Waals surface area contributed by atoms with Crippen molar-refractivity contribution in [2.24, 2.45) is 17.6 Å². The van der Waals surface area contributed by atoms with Gasteiger partial charge in [-0.2, -0.15) is 0 Å². The average molecular weight is 297 g/mol. The first kappa shape index (κ1) is 12.9. The van der Waals surface area contributed by atoms with Crippen molar-refractivity contribution in [1.82, 2.24) is 0 Å². The van der Waals surface area contributed by atoms with Gasteiger partial charge in [-0.3, -0.25) is 0 Å². The number of nitrogens with zero attached hydrogens (tertiary/aromatic N) is 1. The minimum atomic E-state index is 0.603. The molecule has 2 N–H and O–H groups in total. The zero-order valence-electron chi connectivity index (χ0n) is 10.6. The first-order valence-corrected chi connectivity index (χ1v) is 7.13. The highest BCUT2D eigenvalue weighted by Gasteiger charge is 2.23. The molecule has 2 unspecified atom stereocenters. The Morgan fingerprint density at radius 3 is 2.47 bits per heavy atom. The van der Waals surface area contributed by atoms with Crippen LogP contribution in [-0.4, -0.2) is 13.1 Å². The molecular weight excluding hydrogens is 276 g/mol. The lowest BCUT2D eigenvalue weighted by Crippen LogP contribution is -2.38. The monoisotopic (exact) mass is 296 g/mol. The summed E-state index contributed by atoms with van der Waals surface area (Å²) in [6, 6.07) is 6.46. The predicted molar refractivity (Wildman–Crippen MR) is 77.2 cm³/mol. The molecule has 2 rings (SSSR count). The van der Waals surface area contributed by atoms with Gasteiger partial charge >= 0.3 is 0 Å². The Kier molecular flexibility index (Phi) is 4.10. The van der Waals surface area contributed by atoms with Crippen LogP contribution in [0.4, 0.5) is 5.69 Å². The molecule has 0 aromatic heterocycles. The van der Waals surface area contributed by atoms with Gasteiger partial charge in [-0.1, -0.05) is 19.9 Å². The summed E-state index contributed by atoms with van der Waals surface area (Å²) < 4.78 is 1.17. The molecular formula is C14H21BrN2. The molecule has 1 aromatic rings. The maximum Gasteiger partial charge on any atom is 0.0511 e. The summed E-state index contributed by atoms with van der Waals surface area (Å²) in [7, 11) is 0. The second-order valence-corrected chi connectivity index (χ2v) is 6.20. The van der Waals surface area contributed by atoms with E-state index < -0.39 is 0 Å². The lowest BCUT2D eigenvalue weighted by Gasteiger charge is -2.37. The van der Waals surface area contributed by atoms with Gasteiger partial charge in [-0.25, -0.2) is 0 Å². The number of piperidine rings is 1. The van der Waals surface area contributed by atoms with Gasteiger partial charge in [0.2, 0.25) is 0 Å². The fraction of sp³-hybridized carbons (Fsp3) is 0.571. The quantitative estimate of drug-likeness (QED) is 0.906. The van der Waals surface area contributed by atoms with Gasteiger partial charge in [-0.05, 0) is 51.9 Å². The summed E-state index contributed by atoms with van der Waals surface area (Å²) in [5, 5.41) is 0. The number of hydrogen-bond donors (Lipinski definition) is 1. The zero-order valence-corrected chi connectivity index (χ0v) is 12.2. The third-order valence-corrected chi connectivity index (χ3v) is 4.09. The summed E-state index contributed by atoms with van der Waals surface area (Å²) >= 11 is 3.67. The van der Waals surface area contributed by atoms with Crippen molar-refractivity contribution in [3.63, 3.8) is 0 Å².